The second-order valence-corrected chi connectivity index (χ2v) is 8.37. The quantitative estimate of drug-likeness (QED) is 0.679. The van der Waals surface area contributed by atoms with Gasteiger partial charge >= 0.3 is 0 Å². The Morgan fingerprint density at radius 2 is 2.00 bits per heavy atom. The van der Waals surface area contributed by atoms with Crippen LogP contribution in [0.15, 0.2) is 0 Å². The summed E-state index contributed by atoms with van der Waals surface area (Å²) in [7, 11) is 0. The highest BCUT2D eigenvalue weighted by atomic mass is 16.5. The zero-order chi connectivity index (χ0) is 15.2. The van der Waals surface area contributed by atoms with Gasteiger partial charge in [-0.25, -0.2) is 0 Å². The van der Waals surface area contributed by atoms with Crippen molar-refractivity contribution in [1.29, 1.82) is 0 Å². The Morgan fingerprint density at radius 1 is 1.30 bits per heavy atom. The zero-order valence-electron chi connectivity index (χ0n) is 14.7. The lowest BCUT2D eigenvalue weighted by molar-refractivity contribution is -0.0835. The van der Waals surface area contributed by atoms with Crippen molar-refractivity contribution >= 4 is 0 Å². The standard InChI is InChI=1S/C18H37NO/c1-15(2)9-8-12-20-18(14-19-17(4,5)6)11-7-10-16(3)13-18/h15-16,19H,7-14H2,1-6H3. The van der Waals surface area contributed by atoms with Crippen LogP contribution in [-0.2, 0) is 4.74 Å². The number of nitrogens with one attached hydrogen (secondary N) is 1. The van der Waals surface area contributed by atoms with Crippen molar-refractivity contribution in [2.45, 2.75) is 91.2 Å². The fourth-order valence-corrected chi connectivity index (χ4v) is 3.16. The summed E-state index contributed by atoms with van der Waals surface area (Å²) in [5, 5.41) is 3.68. The Hall–Kier alpha value is -0.0800. The van der Waals surface area contributed by atoms with Gasteiger partial charge in [-0.2, -0.15) is 0 Å². The summed E-state index contributed by atoms with van der Waals surface area (Å²) in [6.45, 7) is 15.6. The molecule has 2 unspecified atom stereocenters. The molecule has 1 aliphatic rings. The largest absolute Gasteiger partial charge is 0.374 e. The van der Waals surface area contributed by atoms with Crippen LogP contribution in [0.5, 0.6) is 0 Å². The average Bonchev–Trinajstić information content (AvgIpc) is 2.32. The number of ether oxygens (including phenoxy) is 1. The van der Waals surface area contributed by atoms with Gasteiger partial charge in [0.15, 0.2) is 0 Å². The minimum Gasteiger partial charge on any atom is -0.374 e. The molecule has 0 saturated heterocycles. The molecule has 0 spiro atoms. The van der Waals surface area contributed by atoms with E-state index in [0.717, 1.165) is 25.0 Å². The monoisotopic (exact) mass is 283 g/mol. The smallest absolute Gasteiger partial charge is 0.0809 e. The van der Waals surface area contributed by atoms with Crippen molar-refractivity contribution in [3.8, 4) is 0 Å². The molecule has 0 aromatic carbocycles. The molecule has 120 valence electrons. The van der Waals surface area contributed by atoms with Crippen LogP contribution in [-0.4, -0.2) is 24.3 Å². The topological polar surface area (TPSA) is 21.3 Å². The van der Waals surface area contributed by atoms with Crippen molar-refractivity contribution in [2.75, 3.05) is 13.2 Å². The van der Waals surface area contributed by atoms with Crippen molar-refractivity contribution in [1.82, 2.24) is 5.32 Å². The second kappa shape index (κ2) is 7.79. The summed E-state index contributed by atoms with van der Waals surface area (Å²) < 4.78 is 6.42. The van der Waals surface area contributed by atoms with E-state index in [4.69, 9.17) is 4.74 Å². The van der Waals surface area contributed by atoms with Crippen molar-refractivity contribution in [3.05, 3.63) is 0 Å². The Bertz CT molecular complexity index is 269. The molecule has 2 heteroatoms. The van der Waals surface area contributed by atoms with Gasteiger partial charge < -0.3 is 10.1 Å². The van der Waals surface area contributed by atoms with E-state index in [1.807, 2.05) is 0 Å². The predicted octanol–water partition coefficient (Wildman–Crippen LogP) is 4.78. The molecule has 0 aliphatic heterocycles. The first kappa shape index (κ1) is 18.0. The molecule has 0 radical (unpaired) electrons. The van der Waals surface area contributed by atoms with E-state index in [1.54, 1.807) is 0 Å². The molecular formula is C18H37NO. The van der Waals surface area contributed by atoms with Crippen molar-refractivity contribution in [3.63, 3.8) is 0 Å². The van der Waals surface area contributed by atoms with Gasteiger partial charge in [0, 0.05) is 18.7 Å². The molecule has 1 N–H and O–H groups in total. The number of rotatable bonds is 7. The van der Waals surface area contributed by atoms with E-state index in [9.17, 15) is 0 Å². The zero-order valence-corrected chi connectivity index (χ0v) is 14.7. The van der Waals surface area contributed by atoms with E-state index >= 15 is 0 Å². The normalized spacial score (nSPS) is 28.1. The molecular weight excluding hydrogens is 246 g/mol. The SMILES string of the molecule is CC(C)CCCOC1(CNC(C)(C)C)CCCC(C)C1. The summed E-state index contributed by atoms with van der Waals surface area (Å²) in [6.07, 6.45) is 7.60. The van der Waals surface area contributed by atoms with E-state index in [0.29, 0.717) is 0 Å². The minimum absolute atomic E-state index is 0.0852. The molecule has 2 nitrogen and oxygen atoms in total. The Labute approximate surface area is 127 Å². The lowest BCUT2D eigenvalue weighted by Gasteiger charge is -2.42. The van der Waals surface area contributed by atoms with E-state index in [1.165, 1.54) is 38.5 Å². The highest BCUT2D eigenvalue weighted by Crippen LogP contribution is 2.35. The molecule has 1 saturated carbocycles. The highest BCUT2D eigenvalue weighted by molar-refractivity contribution is 4.91. The fourth-order valence-electron chi connectivity index (χ4n) is 3.16. The van der Waals surface area contributed by atoms with Gasteiger partial charge in [0.2, 0.25) is 0 Å². The van der Waals surface area contributed by atoms with Crippen LogP contribution in [0.25, 0.3) is 0 Å². The summed E-state index contributed by atoms with van der Waals surface area (Å²) in [4.78, 5) is 0. The molecule has 2 atom stereocenters. The Balaban J connectivity index is 2.50. The van der Waals surface area contributed by atoms with Crippen LogP contribution >= 0.6 is 0 Å². The predicted molar refractivity (Wildman–Crippen MR) is 88.1 cm³/mol. The molecule has 0 amide bonds. The first-order chi connectivity index (χ1) is 9.22. The van der Waals surface area contributed by atoms with Gasteiger partial charge in [-0.3, -0.25) is 0 Å². The Morgan fingerprint density at radius 3 is 2.55 bits per heavy atom. The fraction of sp³-hybridized carbons (Fsp3) is 1.00. The molecule has 0 aromatic heterocycles. The third-order valence-electron chi connectivity index (χ3n) is 4.32. The van der Waals surface area contributed by atoms with Crippen molar-refractivity contribution < 1.29 is 4.74 Å². The maximum atomic E-state index is 6.42. The number of hydrogen-bond acceptors (Lipinski definition) is 2. The summed E-state index contributed by atoms with van der Waals surface area (Å²) in [5.74, 6) is 1.59. The van der Waals surface area contributed by atoms with Crippen LogP contribution in [0, 0.1) is 11.8 Å². The number of hydrogen-bond donors (Lipinski definition) is 1. The first-order valence-electron chi connectivity index (χ1n) is 8.61. The van der Waals surface area contributed by atoms with Crippen LogP contribution in [0.3, 0.4) is 0 Å². The molecule has 0 heterocycles. The molecule has 0 aromatic rings. The average molecular weight is 284 g/mol. The Kier molecular flexibility index (Phi) is 7.00. The highest BCUT2D eigenvalue weighted by Gasteiger charge is 2.36. The summed E-state index contributed by atoms with van der Waals surface area (Å²) >= 11 is 0. The van der Waals surface area contributed by atoms with Gasteiger partial charge in [-0.1, -0.05) is 33.6 Å². The molecule has 20 heavy (non-hydrogen) atoms. The van der Waals surface area contributed by atoms with E-state index < -0.39 is 0 Å². The van der Waals surface area contributed by atoms with Gasteiger partial charge in [0.05, 0.1) is 5.60 Å². The molecule has 1 rings (SSSR count). The lowest BCUT2D eigenvalue weighted by atomic mass is 9.78. The van der Waals surface area contributed by atoms with Gasteiger partial charge in [0.1, 0.15) is 0 Å². The first-order valence-corrected chi connectivity index (χ1v) is 8.61. The lowest BCUT2D eigenvalue weighted by Crippen LogP contribution is -2.51. The van der Waals surface area contributed by atoms with Crippen LogP contribution in [0.4, 0.5) is 0 Å². The summed E-state index contributed by atoms with van der Waals surface area (Å²) in [6, 6.07) is 0. The van der Waals surface area contributed by atoms with Gasteiger partial charge in [-0.15, -0.1) is 0 Å². The van der Waals surface area contributed by atoms with Gasteiger partial charge in [-0.05, 0) is 58.3 Å². The maximum Gasteiger partial charge on any atom is 0.0809 e. The van der Waals surface area contributed by atoms with Crippen LogP contribution < -0.4 is 5.32 Å². The maximum absolute atomic E-state index is 6.42. The van der Waals surface area contributed by atoms with Crippen molar-refractivity contribution in [2.24, 2.45) is 11.8 Å². The van der Waals surface area contributed by atoms with Crippen LogP contribution in [0.2, 0.25) is 0 Å². The van der Waals surface area contributed by atoms with Crippen LogP contribution in [0.1, 0.15) is 80.1 Å². The van der Waals surface area contributed by atoms with E-state index in [-0.39, 0.29) is 11.1 Å². The molecule has 1 fully saturated rings. The van der Waals surface area contributed by atoms with Gasteiger partial charge in [0.25, 0.3) is 0 Å². The minimum atomic E-state index is 0.0852. The molecule has 1 aliphatic carbocycles. The molecule has 0 bridgehead atoms. The summed E-state index contributed by atoms with van der Waals surface area (Å²) in [5.41, 5.74) is 0.261. The van der Waals surface area contributed by atoms with E-state index in [2.05, 4.69) is 46.9 Å². The third kappa shape index (κ3) is 7.08. The second-order valence-electron chi connectivity index (χ2n) is 8.37. The third-order valence-corrected chi connectivity index (χ3v) is 4.32.